The average molecular weight is 420 g/mol. The van der Waals surface area contributed by atoms with Crippen LogP contribution >= 0.6 is 9.90 Å². The first-order valence-corrected chi connectivity index (χ1v) is 10.5. The number of amides is 1. The Morgan fingerprint density at radius 3 is 2.07 bits per heavy atom. The molecule has 0 aliphatic carbocycles. The van der Waals surface area contributed by atoms with E-state index in [-0.39, 0.29) is 24.3 Å². The summed E-state index contributed by atoms with van der Waals surface area (Å²) >= 11 is 0. The average Bonchev–Trinajstić information content (AvgIpc) is 2.57. The number of nitrogens with one attached hydrogen (secondary N) is 2. The van der Waals surface area contributed by atoms with Crippen molar-refractivity contribution in [3.63, 3.8) is 0 Å². The standard InChI is InChI=1S/C22H43N3O2.H3P.2H2/c1-8-21(6,12-10-16-25-19(26)27-20(3,4)5)18-22(7,9-2)13-17-24-15-11-14-23;;;/h24H,8-13,15-18H2,1-7H3,(H,25,26);1H3;2*1H. The Hall–Kier alpha value is -0.850. The van der Waals surface area contributed by atoms with Crippen LogP contribution in [0, 0.1) is 22.2 Å². The molecule has 1 amide bonds. The number of hydrogen-bond donors (Lipinski definition) is 2. The molecule has 5 nitrogen and oxygen atoms in total. The Labute approximate surface area is 180 Å². The molecule has 0 aromatic rings. The van der Waals surface area contributed by atoms with Gasteiger partial charge in [0, 0.05) is 22.4 Å². The Kier molecular flexibility index (Phi) is 14.9. The molecule has 28 heavy (non-hydrogen) atoms. The second kappa shape index (κ2) is 14.2. The molecule has 0 aromatic carbocycles. The molecule has 2 N–H and O–H groups in total. The van der Waals surface area contributed by atoms with Crippen molar-refractivity contribution < 1.29 is 12.4 Å². The highest BCUT2D eigenvalue weighted by molar-refractivity contribution is 6.92. The van der Waals surface area contributed by atoms with Crippen molar-refractivity contribution in [3.05, 3.63) is 0 Å². The Morgan fingerprint density at radius 2 is 1.57 bits per heavy atom. The maximum absolute atomic E-state index is 11.8. The number of nitriles is 1. The van der Waals surface area contributed by atoms with E-state index in [2.05, 4.69) is 44.4 Å². The summed E-state index contributed by atoms with van der Waals surface area (Å²) < 4.78 is 5.29. The fraction of sp³-hybridized carbons (Fsp3) is 0.909. The molecule has 0 aliphatic heterocycles. The van der Waals surface area contributed by atoms with Crippen molar-refractivity contribution in [2.75, 3.05) is 19.6 Å². The summed E-state index contributed by atoms with van der Waals surface area (Å²) in [6.45, 7) is 17.3. The molecule has 0 rings (SSSR count). The molecule has 0 bridgehead atoms. The fourth-order valence-corrected chi connectivity index (χ4v) is 3.49. The third kappa shape index (κ3) is 14.2. The molecule has 3 atom stereocenters. The zero-order valence-corrected chi connectivity index (χ0v) is 21.0. The number of carbonyl (C=O) groups is 1. The lowest BCUT2D eigenvalue weighted by Gasteiger charge is -2.39. The minimum atomic E-state index is -0.452. The molecule has 0 saturated heterocycles. The van der Waals surface area contributed by atoms with Crippen LogP contribution in [0.15, 0.2) is 0 Å². The van der Waals surface area contributed by atoms with Gasteiger partial charge in [-0.05, 0) is 63.8 Å². The fourth-order valence-electron chi connectivity index (χ4n) is 3.49. The summed E-state index contributed by atoms with van der Waals surface area (Å²) in [5.74, 6) is 0. The van der Waals surface area contributed by atoms with Gasteiger partial charge in [0.05, 0.1) is 6.07 Å². The molecule has 0 saturated carbocycles. The molecule has 0 aliphatic rings. The quantitative estimate of drug-likeness (QED) is 0.285. The van der Waals surface area contributed by atoms with Gasteiger partial charge >= 0.3 is 6.09 Å². The summed E-state index contributed by atoms with van der Waals surface area (Å²) in [7, 11) is 0. The molecule has 0 spiro atoms. The van der Waals surface area contributed by atoms with Gasteiger partial charge in [-0.3, -0.25) is 0 Å². The van der Waals surface area contributed by atoms with Crippen LogP contribution in [0.25, 0.3) is 0 Å². The van der Waals surface area contributed by atoms with Crippen LogP contribution in [0.3, 0.4) is 0 Å². The highest BCUT2D eigenvalue weighted by atomic mass is 31.0. The molecule has 0 radical (unpaired) electrons. The van der Waals surface area contributed by atoms with Crippen molar-refractivity contribution in [2.45, 2.75) is 99.0 Å². The molecule has 3 unspecified atom stereocenters. The lowest BCUT2D eigenvalue weighted by atomic mass is 9.67. The highest BCUT2D eigenvalue weighted by Crippen LogP contribution is 2.43. The maximum atomic E-state index is 11.8. The Balaban J connectivity index is -0.00000113. The molecule has 170 valence electrons. The van der Waals surface area contributed by atoms with Gasteiger partial charge in [0.15, 0.2) is 0 Å². The van der Waals surface area contributed by atoms with E-state index in [0.717, 1.165) is 45.2 Å². The van der Waals surface area contributed by atoms with Crippen LogP contribution in [0.4, 0.5) is 4.79 Å². The van der Waals surface area contributed by atoms with Crippen LogP contribution in [-0.4, -0.2) is 31.3 Å². The van der Waals surface area contributed by atoms with Crippen molar-refractivity contribution in [1.29, 1.82) is 5.26 Å². The van der Waals surface area contributed by atoms with E-state index < -0.39 is 5.60 Å². The SMILES string of the molecule is CCC(C)(CCCNC(=O)OC(C)(C)C)CC(C)(CC)CCNCCC#N.P.[HH].[HH]. The van der Waals surface area contributed by atoms with Crippen molar-refractivity contribution in [2.24, 2.45) is 10.8 Å². The lowest BCUT2D eigenvalue weighted by molar-refractivity contribution is 0.0522. The van der Waals surface area contributed by atoms with Crippen molar-refractivity contribution in [3.8, 4) is 6.07 Å². The normalized spacial score (nSPS) is 15.5. The topological polar surface area (TPSA) is 74.2 Å². The van der Waals surface area contributed by atoms with Crippen LogP contribution in [0.2, 0.25) is 0 Å². The first-order valence-electron chi connectivity index (χ1n) is 10.5. The number of rotatable bonds is 13. The summed E-state index contributed by atoms with van der Waals surface area (Å²) in [6.07, 6.45) is 6.89. The molecule has 6 heteroatoms. The predicted molar refractivity (Wildman–Crippen MR) is 128 cm³/mol. The number of nitrogens with zero attached hydrogens (tertiary/aromatic N) is 1. The second-order valence-electron chi connectivity index (χ2n) is 9.45. The van der Waals surface area contributed by atoms with E-state index in [4.69, 9.17) is 10.00 Å². The third-order valence-electron chi connectivity index (χ3n) is 5.50. The van der Waals surface area contributed by atoms with Crippen LogP contribution in [-0.2, 0) is 4.74 Å². The van der Waals surface area contributed by atoms with Gasteiger partial charge in [-0.25, -0.2) is 4.79 Å². The molecule has 0 fully saturated rings. The molecule has 0 aromatic heterocycles. The summed E-state index contributed by atoms with van der Waals surface area (Å²) in [5.41, 5.74) is 0.113. The first-order chi connectivity index (χ1) is 12.5. The molecular weight excluding hydrogens is 369 g/mol. The van der Waals surface area contributed by atoms with E-state index in [0.29, 0.717) is 18.4 Å². The second-order valence-corrected chi connectivity index (χ2v) is 9.45. The summed E-state index contributed by atoms with van der Waals surface area (Å²) in [5, 5.41) is 14.9. The van der Waals surface area contributed by atoms with Gasteiger partial charge in [-0.2, -0.15) is 15.2 Å². The predicted octanol–water partition coefficient (Wildman–Crippen LogP) is 5.96. The minimum Gasteiger partial charge on any atom is -0.444 e. The lowest BCUT2D eigenvalue weighted by Crippen LogP contribution is -2.34. The number of hydrogen-bond acceptors (Lipinski definition) is 4. The smallest absolute Gasteiger partial charge is 0.407 e. The van der Waals surface area contributed by atoms with Crippen LogP contribution < -0.4 is 10.6 Å². The largest absolute Gasteiger partial charge is 0.444 e. The van der Waals surface area contributed by atoms with E-state index in [1.165, 1.54) is 6.42 Å². The van der Waals surface area contributed by atoms with E-state index in [1.54, 1.807) is 0 Å². The zero-order chi connectivity index (χ0) is 21.0. The Morgan fingerprint density at radius 1 is 1.00 bits per heavy atom. The van der Waals surface area contributed by atoms with Gasteiger partial charge in [0.1, 0.15) is 5.60 Å². The minimum absolute atomic E-state index is 0. The van der Waals surface area contributed by atoms with E-state index in [9.17, 15) is 4.79 Å². The zero-order valence-electron chi connectivity index (χ0n) is 19.5. The third-order valence-corrected chi connectivity index (χ3v) is 5.50. The summed E-state index contributed by atoms with van der Waals surface area (Å²) in [6, 6.07) is 2.17. The molecular formula is C22H50N3O2P. The number of ether oxygens (including phenoxy) is 1. The van der Waals surface area contributed by atoms with E-state index >= 15 is 0 Å². The van der Waals surface area contributed by atoms with E-state index in [1.807, 2.05) is 20.8 Å². The highest BCUT2D eigenvalue weighted by Gasteiger charge is 2.32. The summed E-state index contributed by atoms with van der Waals surface area (Å²) in [4.78, 5) is 11.8. The first kappa shape index (κ1) is 29.4. The van der Waals surface area contributed by atoms with Gasteiger partial charge in [0.2, 0.25) is 0 Å². The van der Waals surface area contributed by atoms with Gasteiger partial charge in [-0.15, -0.1) is 0 Å². The van der Waals surface area contributed by atoms with Crippen molar-refractivity contribution >= 4 is 16.0 Å². The monoisotopic (exact) mass is 419 g/mol. The maximum Gasteiger partial charge on any atom is 0.407 e. The number of carbonyl (C=O) groups excluding carboxylic acids is 1. The van der Waals surface area contributed by atoms with Gasteiger partial charge < -0.3 is 15.4 Å². The van der Waals surface area contributed by atoms with Crippen LogP contribution in [0.1, 0.15) is 96.3 Å². The van der Waals surface area contributed by atoms with Gasteiger partial charge in [0.25, 0.3) is 0 Å². The van der Waals surface area contributed by atoms with Gasteiger partial charge in [-0.1, -0.05) is 40.5 Å². The van der Waals surface area contributed by atoms with Crippen LogP contribution in [0.5, 0.6) is 0 Å². The van der Waals surface area contributed by atoms with Crippen molar-refractivity contribution in [1.82, 2.24) is 10.6 Å². The Bertz CT molecular complexity index is 484. The number of alkyl carbamates (subject to hydrolysis) is 1. The molecule has 0 heterocycles.